The SMILES string of the molecule is O=C(NC1CCSc2ccccc21)c1cc2ccccc2c(=O)[nH]1. The molecular formula is C19H16N2O2S. The Labute approximate surface area is 143 Å². The van der Waals surface area contributed by atoms with Crippen LogP contribution in [0, 0.1) is 0 Å². The normalized spacial score (nSPS) is 16.6. The zero-order valence-corrected chi connectivity index (χ0v) is 13.7. The Morgan fingerprint density at radius 2 is 1.92 bits per heavy atom. The van der Waals surface area contributed by atoms with Crippen molar-refractivity contribution in [2.45, 2.75) is 17.4 Å². The van der Waals surface area contributed by atoms with Gasteiger partial charge in [0.05, 0.1) is 6.04 Å². The number of hydrogen-bond acceptors (Lipinski definition) is 3. The molecule has 1 atom stereocenters. The number of nitrogens with one attached hydrogen (secondary N) is 2. The number of fused-ring (bicyclic) bond motifs is 2. The Kier molecular flexibility index (Phi) is 3.86. The summed E-state index contributed by atoms with van der Waals surface area (Å²) < 4.78 is 0. The van der Waals surface area contributed by atoms with E-state index in [0.717, 1.165) is 23.1 Å². The summed E-state index contributed by atoms with van der Waals surface area (Å²) >= 11 is 1.81. The molecule has 1 aromatic heterocycles. The van der Waals surface area contributed by atoms with Crippen molar-refractivity contribution in [3.63, 3.8) is 0 Å². The first kappa shape index (κ1) is 15.0. The van der Waals surface area contributed by atoms with Gasteiger partial charge in [-0.25, -0.2) is 0 Å². The number of thioether (sulfide) groups is 1. The molecule has 120 valence electrons. The number of carbonyl (C=O) groups excluding carboxylic acids is 1. The second kappa shape index (κ2) is 6.17. The number of pyridine rings is 1. The van der Waals surface area contributed by atoms with Crippen LogP contribution in [-0.2, 0) is 0 Å². The smallest absolute Gasteiger partial charge is 0.268 e. The number of aromatic nitrogens is 1. The quantitative estimate of drug-likeness (QED) is 0.753. The summed E-state index contributed by atoms with van der Waals surface area (Å²) in [6.07, 6.45) is 0.880. The molecular weight excluding hydrogens is 320 g/mol. The summed E-state index contributed by atoms with van der Waals surface area (Å²) in [5.41, 5.74) is 1.21. The van der Waals surface area contributed by atoms with E-state index in [2.05, 4.69) is 22.4 Å². The minimum atomic E-state index is -0.246. The van der Waals surface area contributed by atoms with Gasteiger partial charge in [-0.2, -0.15) is 0 Å². The Morgan fingerprint density at radius 3 is 2.83 bits per heavy atom. The first-order valence-corrected chi connectivity index (χ1v) is 8.85. The molecule has 0 saturated heterocycles. The van der Waals surface area contributed by atoms with E-state index in [1.165, 1.54) is 4.90 Å². The van der Waals surface area contributed by atoms with E-state index in [-0.39, 0.29) is 17.5 Å². The van der Waals surface area contributed by atoms with Crippen molar-refractivity contribution in [1.29, 1.82) is 0 Å². The van der Waals surface area contributed by atoms with Crippen LogP contribution in [0.1, 0.15) is 28.5 Å². The highest BCUT2D eigenvalue weighted by Gasteiger charge is 2.22. The van der Waals surface area contributed by atoms with E-state index in [0.29, 0.717) is 11.1 Å². The average molecular weight is 336 g/mol. The van der Waals surface area contributed by atoms with Crippen LogP contribution < -0.4 is 10.9 Å². The van der Waals surface area contributed by atoms with Crippen LogP contribution in [0.25, 0.3) is 10.8 Å². The topological polar surface area (TPSA) is 62.0 Å². The highest BCUT2D eigenvalue weighted by molar-refractivity contribution is 7.99. The lowest BCUT2D eigenvalue weighted by Crippen LogP contribution is -2.32. The molecule has 0 bridgehead atoms. The van der Waals surface area contributed by atoms with E-state index < -0.39 is 0 Å². The van der Waals surface area contributed by atoms with Crippen LogP contribution in [0.2, 0.25) is 0 Å². The molecule has 3 aromatic rings. The van der Waals surface area contributed by atoms with Crippen molar-refractivity contribution < 1.29 is 4.79 Å². The molecule has 4 nitrogen and oxygen atoms in total. The molecule has 2 heterocycles. The molecule has 1 aliphatic rings. The minimum absolute atomic E-state index is 0.0232. The summed E-state index contributed by atoms with van der Waals surface area (Å²) in [6.45, 7) is 0. The van der Waals surface area contributed by atoms with Gasteiger partial charge in [-0.15, -0.1) is 11.8 Å². The Bertz CT molecular complexity index is 980. The fraction of sp³-hybridized carbons (Fsp3) is 0.158. The van der Waals surface area contributed by atoms with Crippen LogP contribution in [0.15, 0.2) is 64.3 Å². The zero-order valence-electron chi connectivity index (χ0n) is 12.9. The molecule has 2 N–H and O–H groups in total. The van der Waals surface area contributed by atoms with Crippen molar-refractivity contribution in [1.82, 2.24) is 10.3 Å². The lowest BCUT2D eigenvalue weighted by atomic mass is 10.0. The third-order valence-electron chi connectivity index (χ3n) is 4.26. The molecule has 0 radical (unpaired) electrons. The first-order valence-electron chi connectivity index (χ1n) is 7.87. The standard InChI is InChI=1S/C19H16N2O2S/c22-18-13-6-2-1-5-12(13)11-16(21-18)19(23)20-15-9-10-24-17-8-4-3-7-14(15)17/h1-8,11,15H,9-10H2,(H,20,23)(H,21,22). The number of aromatic amines is 1. The van der Waals surface area contributed by atoms with Gasteiger partial charge in [-0.1, -0.05) is 36.4 Å². The van der Waals surface area contributed by atoms with E-state index >= 15 is 0 Å². The summed E-state index contributed by atoms with van der Waals surface area (Å²) in [5, 5.41) is 4.42. The van der Waals surface area contributed by atoms with Crippen molar-refractivity contribution in [2.75, 3.05) is 5.75 Å². The molecule has 0 spiro atoms. The highest BCUT2D eigenvalue weighted by Crippen LogP contribution is 2.35. The molecule has 24 heavy (non-hydrogen) atoms. The van der Waals surface area contributed by atoms with Gasteiger partial charge >= 0.3 is 0 Å². The van der Waals surface area contributed by atoms with Crippen molar-refractivity contribution in [2.24, 2.45) is 0 Å². The zero-order chi connectivity index (χ0) is 16.5. The molecule has 0 fully saturated rings. The Hall–Kier alpha value is -2.53. The van der Waals surface area contributed by atoms with Gasteiger partial charge in [-0.3, -0.25) is 9.59 Å². The molecule has 1 unspecified atom stereocenters. The number of H-pyrrole nitrogens is 1. The molecule has 0 aliphatic carbocycles. The predicted molar refractivity (Wildman–Crippen MR) is 96.6 cm³/mol. The van der Waals surface area contributed by atoms with Crippen molar-refractivity contribution >= 4 is 28.4 Å². The fourth-order valence-corrected chi connectivity index (χ4v) is 4.19. The summed E-state index contributed by atoms with van der Waals surface area (Å²) in [6, 6.07) is 17.1. The minimum Gasteiger partial charge on any atom is -0.344 e. The molecule has 4 rings (SSSR count). The molecule has 5 heteroatoms. The van der Waals surface area contributed by atoms with Crippen LogP contribution in [0.3, 0.4) is 0 Å². The summed E-state index contributed by atoms with van der Waals surface area (Å²) in [4.78, 5) is 28.7. The van der Waals surface area contributed by atoms with Gasteiger partial charge in [0.25, 0.3) is 11.5 Å². The molecule has 2 aromatic carbocycles. The maximum Gasteiger partial charge on any atom is 0.268 e. The van der Waals surface area contributed by atoms with Gasteiger partial charge in [0.1, 0.15) is 5.69 Å². The molecule has 0 saturated carbocycles. The van der Waals surface area contributed by atoms with Gasteiger partial charge in [0.2, 0.25) is 0 Å². The molecule has 1 aliphatic heterocycles. The maximum atomic E-state index is 12.6. The van der Waals surface area contributed by atoms with Gasteiger partial charge in [0, 0.05) is 16.0 Å². The van der Waals surface area contributed by atoms with Crippen molar-refractivity contribution in [3.05, 3.63) is 76.2 Å². The lowest BCUT2D eigenvalue weighted by molar-refractivity contribution is 0.0930. The predicted octanol–water partition coefficient (Wildman–Crippen LogP) is 3.50. The average Bonchev–Trinajstić information content (AvgIpc) is 2.62. The second-order valence-electron chi connectivity index (χ2n) is 5.80. The second-order valence-corrected chi connectivity index (χ2v) is 6.94. The summed E-state index contributed by atoms with van der Waals surface area (Å²) in [7, 11) is 0. The van der Waals surface area contributed by atoms with E-state index in [1.807, 2.05) is 42.1 Å². The van der Waals surface area contributed by atoms with E-state index in [4.69, 9.17) is 0 Å². The van der Waals surface area contributed by atoms with E-state index in [1.54, 1.807) is 12.1 Å². The number of hydrogen-bond donors (Lipinski definition) is 2. The van der Waals surface area contributed by atoms with Gasteiger partial charge < -0.3 is 10.3 Å². The number of benzene rings is 2. The van der Waals surface area contributed by atoms with Crippen LogP contribution in [0.5, 0.6) is 0 Å². The Morgan fingerprint density at radius 1 is 1.12 bits per heavy atom. The van der Waals surface area contributed by atoms with Crippen molar-refractivity contribution in [3.8, 4) is 0 Å². The van der Waals surface area contributed by atoms with Crippen LogP contribution >= 0.6 is 11.8 Å². The largest absolute Gasteiger partial charge is 0.344 e. The number of rotatable bonds is 2. The number of amides is 1. The van der Waals surface area contributed by atoms with E-state index in [9.17, 15) is 9.59 Å². The van der Waals surface area contributed by atoms with Gasteiger partial charge in [-0.05, 0) is 35.6 Å². The third-order valence-corrected chi connectivity index (χ3v) is 5.38. The lowest BCUT2D eigenvalue weighted by Gasteiger charge is -2.25. The number of carbonyl (C=O) groups is 1. The fourth-order valence-electron chi connectivity index (χ4n) is 3.06. The highest BCUT2D eigenvalue weighted by atomic mass is 32.2. The third kappa shape index (κ3) is 2.71. The maximum absolute atomic E-state index is 12.6. The van der Waals surface area contributed by atoms with Crippen LogP contribution in [0.4, 0.5) is 0 Å². The monoisotopic (exact) mass is 336 g/mol. The molecule has 1 amide bonds. The van der Waals surface area contributed by atoms with Crippen LogP contribution in [-0.4, -0.2) is 16.6 Å². The first-order chi connectivity index (χ1) is 11.7. The Balaban J connectivity index is 1.65. The van der Waals surface area contributed by atoms with Gasteiger partial charge in [0.15, 0.2) is 0 Å². The summed E-state index contributed by atoms with van der Waals surface area (Å²) in [5.74, 6) is 0.723.